The maximum Gasteiger partial charge on any atom is 0.254 e. The van der Waals surface area contributed by atoms with Crippen molar-refractivity contribution < 1.29 is 18.4 Å². The van der Waals surface area contributed by atoms with E-state index in [4.69, 9.17) is 0 Å². The Bertz CT molecular complexity index is 1020. The van der Waals surface area contributed by atoms with Crippen molar-refractivity contribution in [2.45, 2.75) is 19.4 Å². The number of nitrogens with zero attached hydrogens (tertiary/aromatic N) is 3. The van der Waals surface area contributed by atoms with Gasteiger partial charge in [0.25, 0.3) is 5.91 Å². The predicted molar refractivity (Wildman–Crippen MR) is 116 cm³/mol. The fourth-order valence-electron chi connectivity index (χ4n) is 5.52. The number of benzene rings is 2. The van der Waals surface area contributed by atoms with Crippen molar-refractivity contribution in [2.75, 3.05) is 39.3 Å². The number of carbonyl (C=O) groups is 2. The molecule has 32 heavy (non-hydrogen) atoms. The Morgan fingerprint density at radius 3 is 2.31 bits per heavy atom. The molecule has 1 unspecified atom stereocenters. The second kappa shape index (κ2) is 8.28. The summed E-state index contributed by atoms with van der Waals surface area (Å²) in [5.74, 6) is -2.27. The number of hydrogen-bond acceptors (Lipinski definition) is 3. The van der Waals surface area contributed by atoms with Gasteiger partial charge in [-0.3, -0.25) is 14.5 Å². The third-order valence-corrected chi connectivity index (χ3v) is 7.15. The summed E-state index contributed by atoms with van der Waals surface area (Å²) in [5, 5.41) is 0. The van der Waals surface area contributed by atoms with E-state index in [1.807, 2.05) is 23.1 Å². The van der Waals surface area contributed by atoms with Gasteiger partial charge in [-0.05, 0) is 36.6 Å². The molecule has 3 aliphatic heterocycles. The van der Waals surface area contributed by atoms with Gasteiger partial charge in [0.1, 0.15) is 0 Å². The molecule has 3 heterocycles. The summed E-state index contributed by atoms with van der Waals surface area (Å²) >= 11 is 0. The van der Waals surface area contributed by atoms with Gasteiger partial charge in [0.15, 0.2) is 11.6 Å². The van der Waals surface area contributed by atoms with Crippen LogP contribution in [0.4, 0.5) is 8.78 Å². The van der Waals surface area contributed by atoms with E-state index >= 15 is 0 Å². The molecular weight excluding hydrogens is 412 g/mol. The first kappa shape index (κ1) is 21.1. The van der Waals surface area contributed by atoms with E-state index in [1.54, 1.807) is 4.90 Å². The van der Waals surface area contributed by atoms with Crippen molar-refractivity contribution in [3.63, 3.8) is 0 Å². The molecule has 2 aromatic carbocycles. The van der Waals surface area contributed by atoms with Gasteiger partial charge in [0.05, 0.1) is 5.92 Å². The number of halogens is 2. The quantitative estimate of drug-likeness (QED) is 0.735. The molecule has 3 aliphatic rings. The summed E-state index contributed by atoms with van der Waals surface area (Å²) in [4.78, 5) is 32.2. The summed E-state index contributed by atoms with van der Waals surface area (Å²) < 4.78 is 26.9. The third-order valence-electron chi connectivity index (χ3n) is 7.15. The standard InChI is InChI=1S/C25H27F2N3O2/c26-21-9-8-19(12-22(21)27)23(31)30-16-25(17-30)15-28(13-18-6-2-1-3-7-18)14-20(25)24(32)29-10-4-5-11-29/h1-3,6-9,12,20H,4-5,10-11,13-17H2. The summed E-state index contributed by atoms with van der Waals surface area (Å²) in [5.41, 5.74) is 1.05. The summed E-state index contributed by atoms with van der Waals surface area (Å²) in [6, 6.07) is 13.4. The summed E-state index contributed by atoms with van der Waals surface area (Å²) in [6.07, 6.45) is 2.08. The molecular formula is C25H27F2N3O2. The molecule has 5 nitrogen and oxygen atoms in total. The van der Waals surface area contributed by atoms with E-state index in [0.29, 0.717) is 19.6 Å². The van der Waals surface area contributed by atoms with Gasteiger partial charge in [-0.25, -0.2) is 8.78 Å². The van der Waals surface area contributed by atoms with Crippen molar-refractivity contribution in [3.05, 3.63) is 71.3 Å². The van der Waals surface area contributed by atoms with Gasteiger partial charge < -0.3 is 9.80 Å². The largest absolute Gasteiger partial charge is 0.342 e. The number of hydrogen-bond donors (Lipinski definition) is 0. The highest BCUT2D eigenvalue weighted by Gasteiger charge is 2.58. The van der Waals surface area contributed by atoms with Gasteiger partial charge in [-0.15, -0.1) is 0 Å². The van der Waals surface area contributed by atoms with Gasteiger partial charge in [0.2, 0.25) is 5.91 Å². The van der Waals surface area contributed by atoms with E-state index in [9.17, 15) is 18.4 Å². The van der Waals surface area contributed by atoms with Crippen LogP contribution in [0.15, 0.2) is 48.5 Å². The van der Waals surface area contributed by atoms with E-state index in [-0.39, 0.29) is 28.7 Å². The van der Waals surface area contributed by atoms with Crippen molar-refractivity contribution >= 4 is 11.8 Å². The first-order chi connectivity index (χ1) is 15.4. The Balaban J connectivity index is 1.33. The maximum absolute atomic E-state index is 13.6. The zero-order valence-electron chi connectivity index (χ0n) is 18.0. The Morgan fingerprint density at radius 1 is 0.906 bits per heavy atom. The van der Waals surface area contributed by atoms with E-state index in [1.165, 1.54) is 11.6 Å². The molecule has 3 saturated heterocycles. The van der Waals surface area contributed by atoms with Gasteiger partial charge >= 0.3 is 0 Å². The Kier molecular flexibility index (Phi) is 5.45. The van der Waals surface area contributed by atoms with Crippen molar-refractivity contribution in [3.8, 4) is 0 Å². The highest BCUT2D eigenvalue weighted by Crippen LogP contribution is 2.46. The van der Waals surface area contributed by atoms with Crippen LogP contribution in [0.25, 0.3) is 0 Å². The molecule has 1 spiro atoms. The zero-order chi connectivity index (χ0) is 22.3. The van der Waals surface area contributed by atoms with Crippen LogP contribution in [0, 0.1) is 23.0 Å². The van der Waals surface area contributed by atoms with E-state index in [0.717, 1.165) is 51.2 Å². The number of rotatable bonds is 4. The Labute approximate surface area is 186 Å². The summed E-state index contributed by atoms with van der Waals surface area (Å²) in [7, 11) is 0. The van der Waals surface area contributed by atoms with Crippen LogP contribution in [0.2, 0.25) is 0 Å². The fraction of sp³-hybridized carbons (Fsp3) is 0.440. The van der Waals surface area contributed by atoms with Crippen LogP contribution in [-0.4, -0.2) is 65.8 Å². The van der Waals surface area contributed by atoms with Gasteiger partial charge in [-0.2, -0.15) is 0 Å². The minimum Gasteiger partial charge on any atom is -0.342 e. The van der Waals surface area contributed by atoms with Crippen LogP contribution in [-0.2, 0) is 11.3 Å². The molecule has 0 bridgehead atoms. The zero-order valence-corrected chi connectivity index (χ0v) is 18.0. The third kappa shape index (κ3) is 3.79. The minimum absolute atomic E-state index is 0.139. The fourth-order valence-corrected chi connectivity index (χ4v) is 5.52. The van der Waals surface area contributed by atoms with E-state index < -0.39 is 11.6 Å². The lowest BCUT2D eigenvalue weighted by Crippen LogP contribution is -2.64. The van der Waals surface area contributed by atoms with Crippen LogP contribution < -0.4 is 0 Å². The van der Waals surface area contributed by atoms with Crippen LogP contribution in [0.5, 0.6) is 0 Å². The number of amides is 2. The average Bonchev–Trinajstić information content (AvgIpc) is 3.43. The molecule has 0 aliphatic carbocycles. The van der Waals surface area contributed by atoms with Crippen molar-refractivity contribution in [2.24, 2.45) is 11.3 Å². The lowest BCUT2D eigenvalue weighted by Gasteiger charge is -2.51. The second-order valence-electron chi connectivity index (χ2n) is 9.39. The van der Waals surface area contributed by atoms with E-state index in [2.05, 4.69) is 17.0 Å². The number of likely N-dealkylation sites (tertiary alicyclic amines) is 3. The van der Waals surface area contributed by atoms with Crippen LogP contribution in [0.1, 0.15) is 28.8 Å². The lowest BCUT2D eigenvalue weighted by molar-refractivity contribution is -0.141. The molecule has 1 atom stereocenters. The molecule has 3 fully saturated rings. The highest BCUT2D eigenvalue weighted by molar-refractivity contribution is 5.95. The topological polar surface area (TPSA) is 43.9 Å². The molecule has 2 amide bonds. The Morgan fingerprint density at radius 2 is 1.62 bits per heavy atom. The molecule has 7 heteroatoms. The Hall–Kier alpha value is -2.80. The van der Waals surface area contributed by atoms with Gasteiger partial charge in [-0.1, -0.05) is 30.3 Å². The summed E-state index contributed by atoms with van der Waals surface area (Å²) in [6.45, 7) is 4.72. The smallest absolute Gasteiger partial charge is 0.254 e. The van der Waals surface area contributed by atoms with Gasteiger partial charge in [0, 0.05) is 56.8 Å². The SMILES string of the molecule is O=C(c1ccc(F)c(F)c1)N1CC2(CN(Cc3ccccc3)CC2C(=O)N2CCCC2)C1. The van der Waals surface area contributed by atoms with Crippen molar-refractivity contribution in [1.29, 1.82) is 0 Å². The molecule has 0 aromatic heterocycles. The monoisotopic (exact) mass is 439 g/mol. The van der Waals surface area contributed by atoms with Crippen LogP contribution >= 0.6 is 0 Å². The van der Waals surface area contributed by atoms with Crippen LogP contribution in [0.3, 0.4) is 0 Å². The minimum atomic E-state index is -1.02. The maximum atomic E-state index is 13.6. The second-order valence-corrected chi connectivity index (χ2v) is 9.39. The molecule has 0 radical (unpaired) electrons. The average molecular weight is 440 g/mol. The first-order valence-corrected chi connectivity index (χ1v) is 11.2. The molecule has 5 rings (SSSR count). The normalized spacial score (nSPS) is 22.4. The highest BCUT2D eigenvalue weighted by atomic mass is 19.2. The number of carbonyl (C=O) groups excluding carboxylic acids is 2. The first-order valence-electron chi connectivity index (χ1n) is 11.2. The molecule has 0 N–H and O–H groups in total. The molecule has 2 aromatic rings. The van der Waals surface area contributed by atoms with Crippen molar-refractivity contribution in [1.82, 2.24) is 14.7 Å². The lowest BCUT2D eigenvalue weighted by atomic mass is 9.70. The predicted octanol–water partition coefficient (Wildman–Crippen LogP) is 3.16. The molecule has 168 valence electrons. The molecule has 0 saturated carbocycles.